The Morgan fingerprint density at radius 3 is 2.53 bits per heavy atom. The molecule has 0 saturated carbocycles. The molecule has 0 radical (unpaired) electrons. The number of aromatic nitrogens is 2. The standard InChI is InChI=1S/C22H21N3OS.C5H12O2.H3NO/c1-14(2)26-20-11-10-16(12-17(20)13-23)21-24-25-22(27-21)19-9-5-7-15-6-3-4-8-18(15)19;1-3-7-5-4-6-2;1-2/h5,7,9-12,14H,3-4,6,8H2,1-2H3;3-5H2,1-2H3;2H,1H2. The van der Waals surface area contributed by atoms with Crippen LogP contribution in [0.25, 0.3) is 21.1 Å². The van der Waals surface area contributed by atoms with E-state index in [1.54, 1.807) is 18.4 Å². The minimum Gasteiger partial charge on any atom is -0.490 e. The molecule has 4 rings (SSSR count). The Bertz CT molecular complexity index is 1110. The summed E-state index contributed by atoms with van der Waals surface area (Å²) in [7, 11) is 1.67. The van der Waals surface area contributed by atoms with Crippen molar-refractivity contribution in [2.45, 2.75) is 52.6 Å². The van der Waals surface area contributed by atoms with Crippen LogP contribution < -0.4 is 10.6 Å². The third-order valence-electron chi connectivity index (χ3n) is 5.40. The lowest BCUT2D eigenvalue weighted by atomic mass is 9.88. The van der Waals surface area contributed by atoms with Crippen LogP contribution in [0.5, 0.6) is 5.75 Å². The van der Waals surface area contributed by atoms with Crippen LogP contribution in [-0.4, -0.2) is 48.4 Å². The van der Waals surface area contributed by atoms with Crippen molar-refractivity contribution in [1.29, 1.82) is 5.26 Å². The van der Waals surface area contributed by atoms with E-state index in [1.807, 2.05) is 39.0 Å². The van der Waals surface area contributed by atoms with Gasteiger partial charge in [-0.1, -0.05) is 29.5 Å². The lowest BCUT2D eigenvalue weighted by Gasteiger charge is -2.17. The van der Waals surface area contributed by atoms with Crippen molar-refractivity contribution in [3.63, 3.8) is 0 Å². The second-order valence-electron chi connectivity index (χ2n) is 8.24. The Balaban J connectivity index is 0.000000440. The summed E-state index contributed by atoms with van der Waals surface area (Å²) in [6.45, 7) is 8.07. The second kappa shape index (κ2) is 16.0. The molecule has 194 valence electrons. The molecule has 0 spiro atoms. The van der Waals surface area contributed by atoms with Gasteiger partial charge >= 0.3 is 0 Å². The fraction of sp³-hybridized carbons (Fsp3) is 0.444. The zero-order valence-corrected chi connectivity index (χ0v) is 22.3. The molecule has 2 aromatic carbocycles. The van der Waals surface area contributed by atoms with Crippen molar-refractivity contribution in [2.24, 2.45) is 5.90 Å². The van der Waals surface area contributed by atoms with Crippen LogP contribution in [-0.2, 0) is 22.3 Å². The molecule has 0 amide bonds. The van der Waals surface area contributed by atoms with Gasteiger partial charge in [0.1, 0.15) is 21.8 Å². The number of benzene rings is 2. The third-order valence-corrected chi connectivity index (χ3v) is 6.40. The van der Waals surface area contributed by atoms with Gasteiger partial charge in [0.15, 0.2) is 0 Å². The smallest absolute Gasteiger partial charge is 0.148 e. The van der Waals surface area contributed by atoms with Crippen molar-refractivity contribution in [1.82, 2.24) is 10.2 Å². The monoisotopic (exact) mass is 512 g/mol. The quantitative estimate of drug-likeness (QED) is 0.303. The van der Waals surface area contributed by atoms with Gasteiger partial charge in [0, 0.05) is 24.8 Å². The zero-order chi connectivity index (χ0) is 26.3. The number of hydrogen-bond acceptors (Lipinski definition) is 9. The largest absolute Gasteiger partial charge is 0.490 e. The van der Waals surface area contributed by atoms with Crippen molar-refractivity contribution in [2.75, 3.05) is 26.9 Å². The van der Waals surface area contributed by atoms with Gasteiger partial charge in [-0.05, 0) is 75.8 Å². The van der Waals surface area contributed by atoms with E-state index in [4.69, 9.17) is 19.4 Å². The van der Waals surface area contributed by atoms with Gasteiger partial charge in [-0.15, -0.1) is 10.2 Å². The van der Waals surface area contributed by atoms with E-state index in [0.29, 0.717) is 24.5 Å². The first kappa shape index (κ1) is 29.4. The molecule has 9 heteroatoms. The number of ether oxygens (including phenoxy) is 3. The predicted molar refractivity (Wildman–Crippen MR) is 142 cm³/mol. The van der Waals surface area contributed by atoms with Gasteiger partial charge in [-0.2, -0.15) is 5.26 Å². The van der Waals surface area contributed by atoms with E-state index in [9.17, 15) is 5.26 Å². The van der Waals surface area contributed by atoms with Crippen LogP contribution in [0.2, 0.25) is 0 Å². The van der Waals surface area contributed by atoms with E-state index >= 15 is 0 Å². The maximum atomic E-state index is 9.46. The van der Waals surface area contributed by atoms with E-state index in [0.717, 1.165) is 35.0 Å². The van der Waals surface area contributed by atoms with Crippen molar-refractivity contribution >= 4 is 11.3 Å². The molecule has 1 aliphatic carbocycles. The Labute approximate surface area is 217 Å². The van der Waals surface area contributed by atoms with Crippen molar-refractivity contribution < 1.29 is 19.4 Å². The molecule has 0 bridgehead atoms. The Morgan fingerprint density at radius 2 is 1.83 bits per heavy atom. The second-order valence-corrected chi connectivity index (χ2v) is 9.22. The van der Waals surface area contributed by atoms with E-state index in [1.165, 1.54) is 29.5 Å². The normalized spacial score (nSPS) is 11.9. The molecule has 3 N–H and O–H groups in total. The Morgan fingerprint density at radius 1 is 1.08 bits per heavy atom. The summed E-state index contributed by atoms with van der Waals surface area (Å²) in [6.07, 6.45) is 4.79. The lowest BCUT2D eigenvalue weighted by Crippen LogP contribution is -2.06. The van der Waals surface area contributed by atoms with Crippen molar-refractivity contribution in [3.05, 3.63) is 53.1 Å². The minimum absolute atomic E-state index is 0.0281. The number of rotatable bonds is 8. The van der Waals surface area contributed by atoms with E-state index in [2.05, 4.69) is 40.4 Å². The number of hydrogen-bond donors (Lipinski definition) is 2. The summed E-state index contributed by atoms with van der Waals surface area (Å²) in [5, 5.41) is 26.6. The molecule has 0 aliphatic heterocycles. The highest BCUT2D eigenvalue weighted by Gasteiger charge is 2.18. The van der Waals surface area contributed by atoms with Crippen LogP contribution in [0.3, 0.4) is 0 Å². The Hall–Kier alpha value is -2.87. The first-order valence-electron chi connectivity index (χ1n) is 12.1. The summed E-state index contributed by atoms with van der Waals surface area (Å²) in [5.41, 5.74) is 5.49. The summed E-state index contributed by atoms with van der Waals surface area (Å²) in [5.74, 6) is 4.11. The number of nitriles is 1. The van der Waals surface area contributed by atoms with Crippen LogP contribution >= 0.6 is 11.3 Å². The molecule has 0 fully saturated rings. The highest BCUT2D eigenvalue weighted by Crippen LogP contribution is 2.36. The fourth-order valence-corrected chi connectivity index (χ4v) is 4.72. The molecular formula is C27H36N4O4S. The van der Waals surface area contributed by atoms with Crippen LogP contribution in [0.1, 0.15) is 50.3 Å². The first-order valence-corrected chi connectivity index (χ1v) is 12.9. The minimum atomic E-state index is 0.0281. The summed E-state index contributed by atoms with van der Waals surface area (Å²) >= 11 is 1.58. The van der Waals surface area contributed by atoms with Crippen LogP contribution in [0.15, 0.2) is 36.4 Å². The van der Waals surface area contributed by atoms with E-state index in [-0.39, 0.29) is 6.10 Å². The number of fused-ring (bicyclic) bond motifs is 1. The highest BCUT2D eigenvalue weighted by atomic mass is 32.1. The van der Waals surface area contributed by atoms with Crippen LogP contribution in [0.4, 0.5) is 0 Å². The molecule has 1 aromatic heterocycles. The molecule has 8 nitrogen and oxygen atoms in total. The Kier molecular flexibility index (Phi) is 13.0. The number of nitrogens with two attached hydrogens (primary N) is 1. The number of aryl methyl sites for hydroxylation is 1. The van der Waals surface area contributed by atoms with Gasteiger partial charge in [0.25, 0.3) is 0 Å². The van der Waals surface area contributed by atoms with Gasteiger partial charge in [0.2, 0.25) is 0 Å². The molecule has 3 aromatic rings. The molecule has 0 atom stereocenters. The topological polar surface area (TPSA) is 124 Å². The average Bonchev–Trinajstić information content (AvgIpc) is 3.40. The highest BCUT2D eigenvalue weighted by molar-refractivity contribution is 7.17. The van der Waals surface area contributed by atoms with Gasteiger partial charge < -0.3 is 19.4 Å². The third kappa shape index (κ3) is 8.36. The SMILES string of the molecule is CC(C)Oc1ccc(-c2nnc(-c3cccc4c3CCCC4)s2)cc1C#N.CCOCCOC.NO. The molecule has 0 unspecified atom stereocenters. The molecule has 36 heavy (non-hydrogen) atoms. The van der Waals surface area contributed by atoms with Gasteiger partial charge in [0.05, 0.1) is 24.9 Å². The summed E-state index contributed by atoms with van der Waals surface area (Å²) < 4.78 is 15.4. The molecule has 1 aliphatic rings. The summed E-state index contributed by atoms with van der Waals surface area (Å²) in [4.78, 5) is 0. The van der Waals surface area contributed by atoms with Crippen LogP contribution in [0, 0.1) is 11.3 Å². The zero-order valence-electron chi connectivity index (χ0n) is 21.5. The molecular weight excluding hydrogens is 476 g/mol. The van der Waals surface area contributed by atoms with Gasteiger partial charge in [-0.3, -0.25) is 0 Å². The van der Waals surface area contributed by atoms with Gasteiger partial charge in [-0.25, -0.2) is 5.90 Å². The molecule has 0 saturated heterocycles. The maximum absolute atomic E-state index is 9.46. The predicted octanol–water partition coefficient (Wildman–Crippen LogP) is 5.41. The average molecular weight is 513 g/mol. The van der Waals surface area contributed by atoms with Crippen molar-refractivity contribution in [3.8, 4) is 33.0 Å². The molecule has 1 heterocycles. The first-order chi connectivity index (χ1) is 17.6. The number of nitrogens with zero attached hydrogens (tertiary/aromatic N) is 3. The lowest BCUT2D eigenvalue weighted by molar-refractivity contribution is 0.0777. The number of methoxy groups -OCH3 is 1. The fourth-order valence-electron chi connectivity index (χ4n) is 3.82. The van der Waals surface area contributed by atoms with E-state index < -0.39 is 0 Å². The summed E-state index contributed by atoms with van der Waals surface area (Å²) in [6, 6.07) is 14.3. The maximum Gasteiger partial charge on any atom is 0.148 e.